The predicted molar refractivity (Wildman–Crippen MR) is 66.5 cm³/mol. The number of rotatable bonds is 3. The molecule has 1 aromatic rings. The van der Waals surface area contributed by atoms with E-state index in [1.807, 2.05) is 24.3 Å². The molecule has 1 aliphatic rings. The normalized spacial score (nSPS) is 28.5. The third kappa shape index (κ3) is 1.77. The summed E-state index contributed by atoms with van der Waals surface area (Å²) in [4.78, 5) is 11.4. The summed E-state index contributed by atoms with van der Waals surface area (Å²) in [6.07, 6.45) is 2.63. The Balaban J connectivity index is 2.28. The molecule has 0 unspecified atom stereocenters. The van der Waals surface area contributed by atoms with E-state index in [9.17, 15) is 9.90 Å². The maximum absolute atomic E-state index is 11.4. The third-order valence-corrected chi connectivity index (χ3v) is 4.19. The molecule has 0 atom stereocenters. The zero-order valence-electron chi connectivity index (χ0n) is 9.24. The van der Waals surface area contributed by atoms with Crippen LogP contribution >= 0.6 is 15.9 Å². The first kappa shape index (κ1) is 11.6. The summed E-state index contributed by atoms with van der Waals surface area (Å²) in [6.45, 7) is 2.12. The molecule has 0 radical (unpaired) electrons. The van der Waals surface area contributed by atoms with Crippen molar-refractivity contribution < 1.29 is 9.90 Å². The Morgan fingerprint density at radius 1 is 1.44 bits per heavy atom. The lowest BCUT2D eigenvalue weighted by Gasteiger charge is -2.44. The van der Waals surface area contributed by atoms with Gasteiger partial charge in [-0.1, -0.05) is 41.4 Å². The summed E-state index contributed by atoms with van der Waals surface area (Å²) >= 11 is 3.37. The molecule has 0 spiro atoms. The first-order valence-corrected chi connectivity index (χ1v) is 6.37. The molecule has 1 aliphatic carbocycles. The van der Waals surface area contributed by atoms with Crippen molar-refractivity contribution in [2.45, 2.75) is 31.6 Å². The Labute approximate surface area is 104 Å². The van der Waals surface area contributed by atoms with Crippen LogP contribution < -0.4 is 0 Å². The molecule has 1 N–H and O–H groups in total. The van der Waals surface area contributed by atoms with Crippen LogP contribution in [-0.2, 0) is 10.2 Å². The highest BCUT2D eigenvalue weighted by Gasteiger charge is 2.50. The van der Waals surface area contributed by atoms with Crippen molar-refractivity contribution in [3.63, 3.8) is 0 Å². The first-order chi connectivity index (χ1) is 7.58. The van der Waals surface area contributed by atoms with E-state index < -0.39 is 11.4 Å². The number of carbonyl (C=O) groups is 1. The van der Waals surface area contributed by atoms with Crippen molar-refractivity contribution in [3.8, 4) is 0 Å². The summed E-state index contributed by atoms with van der Waals surface area (Å²) in [6, 6.07) is 7.67. The maximum atomic E-state index is 11.4. The zero-order chi connectivity index (χ0) is 11.8. The minimum Gasteiger partial charge on any atom is -0.481 e. The van der Waals surface area contributed by atoms with Crippen LogP contribution in [0.25, 0.3) is 0 Å². The van der Waals surface area contributed by atoms with Crippen LogP contribution in [0.3, 0.4) is 0 Å². The summed E-state index contributed by atoms with van der Waals surface area (Å²) in [5.74, 6) is -0.112. The number of carboxylic acids is 1. The lowest BCUT2D eigenvalue weighted by Crippen LogP contribution is -2.47. The van der Waals surface area contributed by atoms with Crippen molar-refractivity contribution in [2.75, 3.05) is 0 Å². The molecule has 1 saturated carbocycles. The molecule has 0 bridgehead atoms. The van der Waals surface area contributed by atoms with E-state index in [4.69, 9.17) is 0 Å². The Morgan fingerprint density at radius 2 is 2.00 bits per heavy atom. The lowest BCUT2D eigenvalue weighted by atomic mass is 9.58. The highest BCUT2D eigenvalue weighted by atomic mass is 79.9. The number of aliphatic carboxylic acids is 1. The van der Waals surface area contributed by atoms with Crippen LogP contribution in [0.2, 0.25) is 0 Å². The quantitative estimate of drug-likeness (QED) is 0.920. The van der Waals surface area contributed by atoms with Crippen LogP contribution in [-0.4, -0.2) is 11.1 Å². The number of hydrogen-bond donors (Lipinski definition) is 1. The molecule has 0 amide bonds. The molecule has 0 heterocycles. The van der Waals surface area contributed by atoms with Gasteiger partial charge in [0.2, 0.25) is 0 Å². The third-order valence-electron chi connectivity index (χ3n) is 3.66. The van der Waals surface area contributed by atoms with Crippen molar-refractivity contribution in [3.05, 3.63) is 34.3 Å². The van der Waals surface area contributed by atoms with Crippen molar-refractivity contribution in [2.24, 2.45) is 5.92 Å². The fraction of sp³-hybridized carbons (Fsp3) is 0.462. The smallest absolute Gasteiger partial charge is 0.314 e. The Morgan fingerprint density at radius 3 is 2.44 bits per heavy atom. The molecule has 0 aromatic heterocycles. The van der Waals surface area contributed by atoms with Crippen LogP contribution in [0.15, 0.2) is 28.7 Å². The average Bonchev–Trinajstić information content (AvgIpc) is 2.19. The van der Waals surface area contributed by atoms with Gasteiger partial charge in [0.15, 0.2) is 0 Å². The average molecular weight is 283 g/mol. The van der Waals surface area contributed by atoms with Gasteiger partial charge in [-0.3, -0.25) is 4.79 Å². The molecule has 3 heteroatoms. The number of halogens is 1. The zero-order valence-corrected chi connectivity index (χ0v) is 10.8. The first-order valence-electron chi connectivity index (χ1n) is 5.58. The molecule has 86 valence electrons. The number of benzene rings is 1. The summed E-state index contributed by atoms with van der Waals surface area (Å²) in [5, 5.41) is 9.41. The summed E-state index contributed by atoms with van der Waals surface area (Å²) in [5.41, 5.74) is 0.314. The molecular formula is C13H15BrO2. The highest BCUT2D eigenvalue weighted by Crippen LogP contribution is 2.49. The van der Waals surface area contributed by atoms with Gasteiger partial charge in [0.25, 0.3) is 0 Å². The van der Waals surface area contributed by atoms with E-state index in [1.54, 1.807) is 0 Å². The molecule has 2 rings (SSSR count). The molecular weight excluding hydrogens is 268 g/mol. The molecule has 1 aromatic carbocycles. The monoisotopic (exact) mass is 282 g/mol. The van der Waals surface area contributed by atoms with E-state index in [1.165, 1.54) is 0 Å². The second kappa shape index (κ2) is 4.21. The van der Waals surface area contributed by atoms with Crippen LogP contribution in [0.5, 0.6) is 0 Å². The van der Waals surface area contributed by atoms with Gasteiger partial charge in [0, 0.05) is 4.47 Å². The number of carboxylic acid groups (broad SMARTS) is 1. The topological polar surface area (TPSA) is 37.3 Å². The van der Waals surface area contributed by atoms with E-state index in [2.05, 4.69) is 22.9 Å². The van der Waals surface area contributed by atoms with E-state index >= 15 is 0 Å². The van der Waals surface area contributed by atoms with E-state index in [0.29, 0.717) is 5.92 Å². The van der Waals surface area contributed by atoms with Gasteiger partial charge >= 0.3 is 5.97 Å². The van der Waals surface area contributed by atoms with Gasteiger partial charge in [-0.25, -0.2) is 0 Å². The molecule has 0 saturated heterocycles. The Bertz CT molecular complexity index is 391. The van der Waals surface area contributed by atoms with E-state index in [0.717, 1.165) is 29.3 Å². The summed E-state index contributed by atoms with van der Waals surface area (Å²) < 4.78 is 0.989. The van der Waals surface area contributed by atoms with Gasteiger partial charge in [0.05, 0.1) is 5.41 Å². The predicted octanol–water partition coefficient (Wildman–Crippen LogP) is 3.59. The fourth-order valence-electron chi connectivity index (χ4n) is 2.52. The lowest BCUT2D eigenvalue weighted by molar-refractivity contribution is -0.149. The molecule has 16 heavy (non-hydrogen) atoms. The molecule has 2 nitrogen and oxygen atoms in total. The SMILES string of the molecule is CCC1CC(C(=O)O)(c2ccc(Br)cc2)C1. The highest BCUT2D eigenvalue weighted by molar-refractivity contribution is 9.10. The van der Waals surface area contributed by atoms with Gasteiger partial charge in [-0.05, 0) is 36.5 Å². The second-order valence-corrected chi connectivity index (χ2v) is 5.49. The van der Waals surface area contributed by atoms with Crippen LogP contribution in [0.4, 0.5) is 0 Å². The molecule has 0 aliphatic heterocycles. The fourth-order valence-corrected chi connectivity index (χ4v) is 2.78. The molecule has 1 fully saturated rings. The van der Waals surface area contributed by atoms with Crippen molar-refractivity contribution in [1.82, 2.24) is 0 Å². The van der Waals surface area contributed by atoms with Crippen LogP contribution in [0, 0.1) is 5.92 Å². The van der Waals surface area contributed by atoms with Crippen molar-refractivity contribution >= 4 is 21.9 Å². The minimum atomic E-state index is -0.681. The minimum absolute atomic E-state index is 0.569. The standard InChI is InChI=1S/C13H15BrO2/c1-2-9-7-13(8-9,12(15)16)10-3-5-11(14)6-4-10/h3-6,9H,2,7-8H2,1H3,(H,15,16). The Kier molecular flexibility index (Phi) is 3.06. The maximum Gasteiger partial charge on any atom is 0.314 e. The largest absolute Gasteiger partial charge is 0.481 e. The van der Waals surface area contributed by atoms with Gasteiger partial charge in [0.1, 0.15) is 0 Å². The van der Waals surface area contributed by atoms with Crippen molar-refractivity contribution in [1.29, 1.82) is 0 Å². The van der Waals surface area contributed by atoms with Crippen LogP contribution in [0.1, 0.15) is 31.7 Å². The Hall–Kier alpha value is -0.830. The van der Waals surface area contributed by atoms with Gasteiger partial charge < -0.3 is 5.11 Å². The van der Waals surface area contributed by atoms with Gasteiger partial charge in [-0.15, -0.1) is 0 Å². The summed E-state index contributed by atoms with van der Waals surface area (Å²) in [7, 11) is 0. The number of hydrogen-bond acceptors (Lipinski definition) is 1. The van der Waals surface area contributed by atoms with Gasteiger partial charge in [-0.2, -0.15) is 0 Å². The second-order valence-electron chi connectivity index (χ2n) is 4.58. The van der Waals surface area contributed by atoms with E-state index in [-0.39, 0.29) is 0 Å².